The number of hydrogen-bond acceptors (Lipinski definition) is 4. The molecule has 0 saturated carbocycles. The summed E-state index contributed by atoms with van der Waals surface area (Å²) in [7, 11) is 0. The van der Waals surface area contributed by atoms with Gasteiger partial charge >= 0.3 is 5.97 Å². The summed E-state index contributed by atoms with van der Waals surface area (Å²) in [5, 5.41) is 0. The Bertz CT molecular complexity index is 457. The van der Waals surface area contributed by atoms with Crippen LogP contribution in [0.4, 0.5) is 0 Å². The van der Waals surface area contributed by atoms with Crippen LogP contribution in [0.1, 0.15) is 29.8 Å². The van der Waals surface area contributed by atoms with Crippen molar-refractivity contribution in [1.82, 2.24) is 0 Å². The molecule has 0 aliphatic rings. The molecule has 0 radical (unpaired) electrons. The molecule has 0 aliphatic carbocycles. The molecule has 1 aromatic carbocycles. The van der Waals surface area contributed by atoms with E-state index in [1.807, 2.05) is 6.92 Å². The fraction of sp³-hybridized carbons (Fsp3) is 0.429. The topological polar surface area (TPSA) is 52.6 Å². The fourth-order valence-electron chi connectivity index (χ4n) is 1.59. The van der Waals surface area contributed by atoms with E-state index in [2.05, 4.69) is 0 Å². The van der Waals surface area contributed by atoms with Crippen molar-refractivity contribution in [2.24, 2.45) is 0 Å². The predicted molar refractivity (Wildman–Crippen MR) is 73.0 cm³/mol. The van der Waals surface area contributed by atoms with E-state index < -0.39 is 5.97 Å². The molecular formula is C14H17ClO4. The van der Waals surface area contributed by atoms with Gasteiger partial charge in [0.15, 0.2) is 5.78 Å². The third kappa shape index (κ3) is 4.56. The minimum atomic E-state index is -0.404. The summed E-state index contributed by atoms with van der Waals surface area (Å²) in [6, 6.07) is 4.91. The Balaban J connectivity index is 2.99. The minimum Gasteiger partial charge on any atom is -0.494 e. The van der Waals surface area contributed by atoms with Gasteiger partial charge in [-0.1, -0.05) is 6.07 Å². The van der Waals surface area contributed by atoms with Crippen LogP contribution in [-0.2, 0) is 16.0 Å². The van der Waals surface area contributed by atoms with Crippen molar-refractivity contribution in [2.75, 3.05) is 19.1 Å². The standard InChI is InChI=1S/C14H17ClO4/c1-3-18-13-8-11(14(17)19-4-2)6-5-10(13)7-12(16)9-15/h5-6,8H,3-4,7,9H2,1-2H3. The van der Waals surface area contributed by atoms with Crippen molar-refractivity contribution in [3.8, 4) is 5.75 Å². The Kier molecular flexibility index (Phi) is 6.36. The maximum absolute atomic E-state index is 11.6. The highest BCUT2D eigenvalue weighted by Crippen LogP contribution is 2.22. The monoisotopic (exact) mass is 284 g/mol. The molecule has 0 atom stereocenters. The summed E-state index contributed by atoms with van der Waals surface area (Å²) in [6.45, 7) is 4.35. The van der Waals surface area contributed by atoms with Crippen molar-refractivity contribution in [1.29, 1.82) is 0 Å². The summed E-state index contributed by atoms with van der Waals surface area (Å²) in [5.41, 5.74) is 1.13. The molecule has 0 bridgehead atoms. The zero-order chi connectivity index (χ0) is 14.3. The molecule has 0 heterocycles. The summed E-state index contributed by atoms with van der Waals surface area (Å²) >= 11 is 5.49. The molecule has 0 aromatic heterocycles. The Morgan fingerprint density at radius 2 is 1.95 bits per heavy atom. The van der Waals surface area contributed by atoms with Crippen LogP contribution in [0.25, 0.3) is 0 Å². The van der Waals surface area contributed by atoms with Gasteiger partial charge in [-0.15, -0.1) is 11.6 Å². The second kappa shape index (κ2) is 7.79. The quantitative estimate of drug-likeness (QED) is 0.570. The fourth-order valence-corrected chi connectivity index (χ4v) is 1.69. The molecule has 0 amide bonds. The zero-order valence-electron chi connectivity index (χ0n) is 11.1. The highest BCUT2D eigenvalue weighted by Gasteiger charge is 2.13. The number of carbonyl (C=O) groups excluding carboxylic acids is 2. The van der Waals surface area contributed by atoms with E-state index in [1.54, 1.807) is 25.1 Å². The largest absolute Gasteiger partial charge is 0.494 e. The highest BCUT2D eigenvalue weighted by atomic mass is 35.5. The molecule has 1 rings (SSSR count). The molecule has 0 aliphatic heterocycles. The van der Waals surface area contributed by atoms with Crippen LogP contribution in [0.5, 0.6) is 5.75 Å². The molecule has 0 spiro atoms. The lowest BCUT2D eigenvalue weighted by atomic mass is 10.1. The molecule has 104 valence electrons. The summed E-state index contributed by atoms with van der Waals surface area (Å²) in [4.78, 5) is 23.0. The average molecular weight is 285 g/mol. The minimum absolute atomic E-state index is 0.0365. The van der Waals surface area contributed by atoms with Gasteiger partial charge in [-0.05, 0) is 26.0 Å². The van der Waals surface area contributed by atoms with Crippen molar-refractivity contribution in [3.63, 3.8) is 0 Å². The van der Waals surface area contributed by atoms with Gasteiger partial charge in [-0.2, -0.15) is 0 Å². The smallest absolute Gasteiger partial charge is 0.338 e. The maximum Gasteiger partial charge on any atom is 0.338 e. The first-order valence-corrected chi connectivity index (χ1v) is 6.66. The number of rotatable bonds is 7. The summed E-state index contributed by atoms with van der Waals surface area (Å²) in [6.07, 6.45) is 0.196. The summed E-state index contributed by atoms with van der Waals surface area (Å²) in [5.74, 6) is -0.0118. The van der Waals surface area contributed by atoms with Gasteiger partial charge < -0.3 is 9.47 Å². The number of ether oxygens (including phenoxy) is 2. The number of benzene rings is 1. The molecule has 0 unspecified atom stereocenters. The zero-order valence-corrected chi connectivity index (χ0v) is 11.8. The Morgan fingerprint density at radius 3 is 2.53 bits per heavy atom. The number of hydrogen-bond donors (Lipinski definition) is 0. The molecule has 0 saturated heterocycles. The van der Waals surface area contributed by atoms with Crippen LogP contribution in [-0.4, -0.2) is 30.8 Å². The number of esters is 1. The third-order valence-electron chi connectivity index (χ3n) is 2.41. The molecule has 1 aromatic rings. The van der Waals surface area contributed by atoms with Crippen LogP contribution in [0.2, 0.25) is 0 Å². The Labute approximate surface area is 117 Å². The maximum atomic E-state index is 11.6. The number of carbonyl (C=O) groups is 2. The summed E-state index contributed by atoms with van der Waals surface area (Å²) < 4.78 is 10.4. The lowest BCUT2D eigenvalue weighted by Crippen LogP contribution is -2.09. The van der Waals surface area contributed by atoms with Crippen LogP contribution in [0.15, 0.2) is 18.2 Å². The lowest BCUT2D eigenvalue weighted by Gasteiger charge is -2.11. The van der Waals surface area contributed by atoms with Gasteiger partial charge in [0.1, 0.15) is 5.75 Å². The van der Waals surface area contributed by atoms with Crippen molar-refractivity contribution in [2.45, 2.75) is 20.3 Å². The number of halogens is 1. The number of ketones is 1. The first-order valence-electron chi connectivity index (χ1n) is 6.12. The molecular weight excluding hydrogens is 268 g/mol. The van der Waals surface area contributed by atoms with E-state index in [9.17, 15) is 9.59 Å². The van der Waals surface area contributed by atoms with Crippen molar-refractivity contribution in [3.05, 3.63) is 29.3 Å². The van der Waals surface area contributed by atoms with Gasteiger partial charge in [0.05, 0.1) is 24.7 Å². The van der Waals surface area contributed by atoms with Gasteiger partial charge in [-0.3, -0.25) is 4.79 Å². The van der Waals surface area contributed by atoms with E-state index in [0.29, 0.717) is 24.5 Å². The Hall–Kier alpha value is -1.55. The van der Waals surface area contributed by atoms with Crippen LogP contribution < -0.4 is 4.74 Å². The van der Waals surface area contributed by atoms with Crippen LogP contribution in [0, 0.1) is 0 Å². The molecule has 0 N–H and O–H groups in total. The second-order valence-electron chi connectivity index (χ2n) is 3.83. The van der Waals surface area contributed by atoms with E-state index in [0.717, 1.165) is 5.56 Å². The van der Waals surface area contributed by atoms with Gasteiger partial charge in [0.25, 0.3) is 0 Å². The molecule has 0 fully saturated rings. The molecule has 19 heavy (non-hydrogen) atoms. The first kappa shape index (κ1) is 15.5. The number of Topliss-reactive ketones (excluding diaryl/α,β-unsaturated/α-hetero) is 1. The van der Waals surface area contributed by atoms with Gasteiger partial charge in [0.2, 0.25) is 0 Å². The third-order valence-corrected chi connectivity index (χ3v) is 2.71. The van der Waals surface area contributed by atoms with E-state index in [4.69, 9.17) is 21.1 Å². The Morgan fingerprint density at radius 1 is 1.21 bits per heavy atom. The molecule has 4 nitrogen and oxygen atoms in total. The van der Waals surface area contributed by atoms with Crippen molar-refractivity contribution >= 4 is 23.4 Å². The second-order valence-corrected chi connectivity index (χ2v) is 4.09. The number of alkyl halides is 1. The lowest BCUT2D eigenvalue weighted by molar-refractivity contribution is -0.116. The van der Waals surface area contributed by atoms with Crippen molar-refractivity contribution < 1.29 is 19.1 Å². The van der Waals surface area contributed by atoms with E-state index >= 15 is 0 Å². The van der Waals surface area contributed by atoms with Crippen LogP contribution in [0.3, 0.4) is 0 Å². The first-order chi connectivity index (χ1) is 9.12. The normalized spacial score (nSPS) is 10.1. The van der Waals surface area contributed by atoms with Gasteiger partial charge in [-0.25, -0.2) is 4.79 Å². The highest BCUT2D eigenvalue weighted by molar-refractivity contribution is 6.27. The SMILES string of the molecule is CCOC(=O)c1ccc(CC(=O)CCl)c(OCC)c1. The van der Waals surface area contributed by atoms with Crippen LogP contribution >= 0.6 is 11.6 Å². The predicted octanol–water partition coefficient (Wildman–Crippen LogP) is 2.61. The van der Waals surface area contributed by atoms with Gasteiger partial charge in [0, 0.05) is 12.0 Å². The van der Waals surface area contributed by atoms with E-state index in [1.165, 1.54) is 0 Å². The molecule has 5 heteroatoms. The average Bonchev–Trinajstić information content (AvgIpc) is 2.41. The van der Waals surface area contributed by atoms with E-state index in [-0.39, 0.29) is 18.1 Å².